The summed E-state index contributed by atoms with van der Waals surface area (Å²) < 4.78 is 26.7. The smallest absolute Gasteiger partial charge is 0.163 e. The van der Waals surface area contributed by atoms with E-state index in [9.17, 15) is 13.9 Å². The van der Waals surface area contributed by atoms with E-state index in [1.807, 2.05) is 0 Å². The normalized spacial score (nSPS) is 20.0. The van der Waals surface area contributed by atoms with Crippen LogP contribution in [0.25, 0.3) is 0 Å². The van der Waals surface area contributed by atoms with Gasteiger partial charge >= 0.3 is 0 Å². The molecular weight excluding hydrogens is 236 g/mol. The second-order valence-corrected chi connectivity index (χ2v) is 5.18. The van der Waals surface area contributed by atoms with Crippen molar-refractivity contribution in [1.29, 1.82) is 0 Å². The summed E-state index contributed by atoms with van der Waals surface area (Å²) in [5.41, 5.74) is -0.380. The molecule has 0 radical (unpaired) electrons. The molecule has 2 N–H and O–H groups in total. The molecule has 0 heterocycles. The lowest BCUT2D eigenvalue weighted by Crippen LogP contribution is -2.39. The first-order valence-corrected chi connectivity index (χ1v) is 6.41. The molecule has 1 aliphatic rings. The average Bonchev–Trinajstić information content (AvgIpc) is 2.77. The van der Waals surface area contributed by atoms with Crippen molar-refractivity contribution >= 4 is 0 Å². The van der Waals surface area contributed by atoms with Gasteiger partial charge in [0.25, 0.3) is 0 Å². The highest BCUT2D eigenvalue weighted by Crippen LogP contribution is 2.29. The van der Waals surface area contributed by atoms with Gasteiger partial charge < -0.3 is 10.4 Å². The summed E-state index contributed by atoms with van der Waals surface area (Å²) in [7, 11) is 0. The Morgan fingerprint density at radius 3 is 2.67 bits per heavy atom. The van der Waals surface area contributed by atoms with E-state index in [1.54, 1.807) is 13.0 Å². The number of aliphatic hydroxyl groups is 1. The third-order valence-corrected chi connectivity index (χ3v) is 3.72. The highest BCUT2D eigenvalue weighted by Gasteiger charge is 2.31. The molecule has 100 valence electrons. The van der Waals surface area contributed by atoms with Crippen molar-refractivity contribution < 1.29 is 13.9 Å². The first-order valence-electron chi connectivity index (χ1n) is 6.41. The quantitative estimate of drug-likeness (QED) is 0.867. The molecule has 1 unspecified atom stereocenters. The van der Waals surface area contributed by atoms with Crippen molar-refractivity contribution in [1.82, 2.24) is 5.32 Å². The number of halogens is 2. The fraction of sp³-hybridized carbons (Fsp3) is 0.571. The molecule has 0 amide bonds. The van der Waals surface area contributed by atoms with Crippen LogP contribution in [0.4, 0.5) is 8.78 Å². The van der Waals surface area contributed by atoms with E-state index < -0.39 is 17.2 Å². The van der Waals surface area contributed by atoms with Gasteiger partial charge in [-0.25, -0.2) is 8.78 Å². The van der Waals surface area contributed by atoms with E-state index in [-0.39, 0.29) is 6.04 Å². The predicted molar refractivity (Wildman–Crippen MR) is 66.2 cm³/mol. The highest BCUT2D eigenvalue weighted by atomic mass is 19.2. The van der Waals surface area contributed by atoms with E-state index in [2.05, 4.69) is 5.32 Å². The zero-order chi connectivity index (χ0) is 13.2. The molecule has 0 bridgehead atoms. The summed E-state index contributed by atoms with van der Waals surface area (Å²) >= 11 is 0. The molecule has 1 fully saturated rings. The minimum atomic E-state index is -0.833. The van der Waals surface area contributed by atoms with E-state index in [1.165, 1.54) is 6.07 Å². The maximum absolute atomic E-state index is 13.6. The van der Waals surface area contributed by atoms with Gasteiger partial charge in [0.1, 0.15) is 0 Å². The van der Waals surface area contributed by atoms with Crippen molar-refractivity contribution in [3.05, 3.63) is 35.4 Å². The second kappa shape index (κ2) is 5.33. The monoisotopic (exact) mass is 255 g/mol. The molecule has 4 heteroatoms. The Morgan fingerprint density at radius 1 is 1.33 bits per heavy atom. The lowest BCUT2D eigenvalue weighted by molar-refractivity contribution is 0.0452. The van der Waals surface area contributed by atoms with Crippen LogP contribution in [-0.2, 0) is 0 Å². The molecule has 0 saturated heterocycles. The Kier molecular flexibility index (Phi) is 3.97. The first-order chi connectivity index (χ1) is 8.52. The summed E-state index contributed by atoms with van der Waals surface area (Å²) in [4.78, 5) is 0. The minimum Gasteiger partial charge on any atom is -0.389 e. The van der Waals surface area contributed by atoms with Crippen molar-refractivity contribution in [3.8, 4) is 0 Å². The predicted octanol–water partition coefficient (Wildman–Crippen LogP) is 2.92. The Bertz CT molecular complexity index is 416. The van der Waals surface area contributed by atoms with Crippen LogP contribution >= 0.6 is 0 Å². The molecule has 1 atom stereocenters. The Morgan fingerprint density at radius 2 is 2.00 bits per heavy atom. The van der Waals surface area contributed by atoms with Gasteiger partial charge in [0.15, 0.2) is 11.6 Å². The fourth-order valence-electron chi connectivity index (χ4n) is 2.52. The van der Waals surface area contributed by atoms with Crippen LogP contribution in [0.15, 0.2) is 18.2 Å². The largest absolute Gasteiger partial charge is 0.389 e. The molecule has 1 aromatic carbocycles. The average molecular weight is 255 g/mol. The summed E-state index contributed by atoms with van der Waals surface area (Å²) in [6, 6.07) is 3.85. The maximum Gasteiger partial charge on any atom is 0.163 e. The van der Waals surface area contributed by atoms with Crippen molar-refractivity contribution in [3.63, 3.8) is 0 Å². The zero-order valence-corrected chi connectivity index (χ0v) is 10.5. The second-order valence-electron chi connectivity index (χ2n) is 5.18. The molecule has 0 spiro atoms. The van der Waals surface area contributed by atoms with Crippen LogP contribution < -0.4 is 5.32 Å². The Labute approximate surface area is 106 Å². The van der Waals surface area contributed by atoms with Crippen LogP contribution in [0.1, 0.15) is 44.2 Å². The highest BCUT2D eigenvalue weighted by molar-refractivity contribution is 5.22. The summed E-state index contributed by atoms with van der Waals surface area (Å²) in [6.45, 7) is 2.19. The van der Waals surface area contributed by atoms with Gasteiger partial charge in [0, 0.05) is 18.2 Å². The fourth-order valence-corrected chi connectivity index (χ4v) is 2.52. The SMILES string of the molecule is CC(NCC1(O)CCCC1)c1cccc(F)c1F. The van der Waals surface area contributed by atoms with E-state index in [4.69, 9.17) is 0 Å². The van der Waals surface area contributed by atoms with Gasteiger partial charge in [0.2, 0.25) is 0 Å². The molecular formula is C14H19F2NO. The molecule has 18 heavy (non-hydrogen) atoms. The third-order valence-electron chi connectivity index (χ3n) is 3.72. The molecule has 0 aromatic heterocycles. The number of benzene rings is 1. The van der Waals surface area contributed by atoms with Gasteiger partial charge in [-0.3, -0.25) is 0 Å². The number of hydrogen-bond donors (Lipinski definition) is 2. The summed E-state index contributed by atoms with van der Waals surface area (Å²) in [5, 5.41) is 13.3. The summed E-state index contributed by atoms with van der Waals surface area (Å²) in [5.74, 6) is -1.64. The van der Waals surface area contributed by atoms with Crippen LogP contribution in [0.5, 0.6) is 0 Å². The third kappa shape index (κ3) is 2.87. The van der Waals surface area contributed by atoms with Crippen LogP contribution in [0.2, 0.25) is 0 Å². The van der Waals surface area contributed by atoms with Crippen LogP contribution in [0.3, 0.4) is 0 Å². The van der Waals surface area contributed by atoms with Gasteiger partial charge in [-0.2, -0.15) is 0 Å². The van der Waals surface area contributed by atoms with Crippen LogP contribution in [-0.4, -0.2) is 17.3 Å². The molecule has 1 aromatic rings. The molecule has 2 rings (SSSR count). The zero-order valence-electron chi connectivity index (χ0n) is 10.5. The lowest BCUT2D eigenvalue weighted by Gasteiger charge is -2.25. The van der Waals surface area contributed by atoms with E-state index in [0.717, 1.165) is 31.7 Å². The number of nitrogens with one attached hydrogen (secondary N) is 1. The van der Waals surface area contributed by atoms with Crippen molar-refractivity contribution in [2.75, 3.05) is 6.54 Å². The standard InChI is InChI=1S/C14H19F2NO/c1-10(11-5-4-6-12(15)13(11)16)17-9-14(18)7-2-3-8-14/h4-6,10,17-18H,2-3,7-9H2,1H3. The molecule has 1 saturated carbocycles. The van der Waals surface area contributed by atoms with E-state index in [0.29, 0.717) is 12.1 Å². The Balaban J connectivity index is 1.99. The Hall–Kier alpha value is -1.00. The van der Waals surface area contributed by atoms with Crippen molar-refractivity contribution in [2.45, 2.75) is 44.2 Å². The van der Waals surface area contributed by atoms with Gasteiger partial charge in [0.05, 0.1) is 5.60 Å². The molecule has 1 aliphatic carbocycles. The molecule has 0 aliphatic heterocycles. The minimum absolute atomic E-state index is 0.302. The molecule has 2 nitrogen and oxygen atoms in total. The van der Waals surface area contributed by atoms with Crippen molar-refractivity contribution in [2.24, 2.45) is 0 Å². The summed E-state index contributed by atoms with van der Waals surface area (Å²) in [6.07, 6.45) is 3.61. The topological polar surface area (TPSA) is 32.3 Å². The van der Waals surface area contributed by atoms with Gasteiger partial charge in [-0.1, -0.05) is 25.0 Å². The van der Waals surface area contributed by atoms with Gasteiger partial charge in [-0.15, -0.1) is 0 Å². The first kappa shape index (κ1) is 13.4. The van der Waals surface area contributed by atoms with Gasteiger partial charge in [-0.05, 0) is 25.8 Å². The number of rotatable bonds is 4. The lowest BCUT2D eigenvalue weighted by atomic mass is 10.0. The van der Waals surface area contributed by atoms with Crippen LogP contribution in [0, 0.1) is 11.6 Å². The number of hydrogen-bond acceptors (Lipinski definition) is 2. The maximum atomic E-state index is 13.6. The van der Waals surface area contributed by atoms with E-state index >= 15 is 0 Å².